The highest BCUT2D eigenvalue weighted by molar-refractivity contribution is 7.89. The van der Waals surface area contributed by atoms with Crippen molar-refractivity contribution in [1.82, 2.24) is 19.9 Å². The number of amidine groups is 2. The van der Waals surface area contributed by atoms with Crippen LogP contribution in [0.5, 0.6) is 0 Å². The first kappa shape index (κ1) is 22.1. The van der Waals surface area contributed by atoms with Crippen molar-refractivity contribution in [3.05, 3.63) is 47.5 Å². The number of piperazine rings is 1. The number of rotatable bonds is 6. The van der Waals surface area contributed by atoms with Crippen LogP contribution in [0.2, 0.25) is 0 Å². The fourth-order valence-corrected chi connectivity index (χ4v) is 3.79. The van der Waals surface area contributed by atoms with Crippen molar-refractivity contribution in [2.24, 2.45) is 9.98 Å². The van der Waals surface area contributed by atoms with Gasteiger partial charge in [0.2, 0.25) is 10.0 Å². The minimum atomic E-state index is -3.56. The normalized spacial score (nSPS) is 21.8. The number of carbonyl (C=O) groups is 1. The van der Waals surface area contributed by atoms with Gasteiger partial charge in [-0.2, -0.15) is 0 Å². The van der Waals surface area contributed by atoms with Crippen molar-refractivity contribution >= 4 is 39.2 Å². The van der Waals surface area contributed by atoms with Gasteiger partial charge in [0.1, 0.15) is 10.1 Å². The monoisotopic (exact) mass is 450 g/mol. The first-order valence-electron chi connectivity index (χ1n) is 9.40. The Morgan fingerprint density at radius 1 is 1.47 bits per heavy atom. The summed E-state index contributed by atoms with van der Waals surface area (Å²) in [5.41, 5.74) is 1.14. The molecule has 1 saturated heterocycles. The zero-order valence-electron chi connectivity index (χ0n) is 16.7. The molecular formula is C19H23ClN6O3S. The second-order valence-corrected chi connectivity index (χ2v) is 9.08. The van der Waals surface area contributed by atoms with Crippen molar-refractivity contribution in [3.63, 3.8) is 0 Å². The molecule has 0 aromatic carbocycles. The molecule has 1 aromatic heterocycles. The van der Waals surface area contributed by atoms with E-state index in [0.29, 0.717) is 17.2 Å². The summed E-state index contributed by atoms with van der Waals surface area (Å²) < 4.78 is 25.8. The molecule has 1 aliphatic heterocycles. The maximum atomic E-state index is 13.1. The second kappa shape index (κ2) is 9.07. The SMILES string of the molecule is C=C(Cl)N=C1/C(=C\C)NC(=NCc2ccc(S(=O)(=O)NC)cn2)C(=O)N1C1CCC1. The molecule has 1 amide bonds. The summed E-state index contributed by atoms with van der Waals surface area (Å²) in [6, 6.07) is 3.05. The Morgan fingerprint density at radius 3 is 2.70 bits per heavy atom. The van der Waals surface area contributed by atoms with E-state index in [9.17, 15) is 13.2 Å². The van der Waals surface area contributed by atoms with E-state index < -0.39 is 10.0 Å². The number of nitrogens with one attached hydrogen (secondary N) is 2. The van der Waals surface area contributed by atoms with Crippen LogP contribution in [0.15, 0.2) is 56.7 Å². The maximum Gasteiger partial charge on any atom is 0.295 e. The smallest absolute Gasteiger partial charge is 0.295 e. The molecule has 0 radical (unpaired) electrons. The van der Waals surface area contributed by atoms with Crippen molar-refractivity contribution in [2.75, 3.05) is 7.05 Å². The molecule has 11 heteroatoms. The molecule has 2 heterocycles. The summed E-state index contributed by atoms with van der Waals surface area (Å²) in [5, 5.41) is 3.10. The van der Waals surface area contributed by atoms with Crippen molar-refractivity contribution in [3.8, 4) is 0 Å². The molecule has 30 heavy (non-hydrogen) atoms. The number of halogens is 1. The van der Waals surface area contributed by atoms with E-state index in [1.807, 2.05) is 6.92 Å². The first-order chi connectivity index (χ1) is 14.3. The van der Waals surface area contributed by atoms with Crippen LogP contribution in [0.25, 0.3) is 0 Å². The first-order valence-corrected chi connectivity index (χ1v) is 11.3. The van der Waals surface area contributed by atoms with E-state index in [-0.39, 0.29) is 34.4 Å². The van der Waals surface area contributed by atoms with Gasteiger partial charge >= 0.3 is 0 Å². The van der Waals surface area contributed by atoms with Crippen LogP contribution >= 0.6 is 11.6 Å². The summed E-state index contributed by atoms with van der Waals surface area (Å²) in [6.07, 6.45) is 5.86. The van der Waals surface area contributed by atoms with E-state index >= 15 is 0 Å². The summed E-state index contributed by atoms with van der Waals surface area (Å²) in [4.78, 5) is 27.5. The molecule has 0 unspecified atom stereocenters. The Labute approximate surface area is 180 Å². The Morgan fingerprint density at radius 2 is 2.20 bits per heavy atom. The molecule has 160 valence electrons. The van der Waals surface area contributed by atoms with Gasteiger partial charge in [0.15, 0.2) is 11.7 Å². The Kier molecular flexibility index (Phi) is 6.69. The molecule has 9 nitrogen and oxygen atoms in total. The van der Waals surface area contributed by atoms with Crippen molar-refractivity contribution in [1.29, 1.82) is 0 Å². The lowest BCUT2D eigenvalue weighted by Gasteiger charge is -2.41. The highest BCUT2D eigenvalue weighted by Crippen LogP contribution is 2.29. The number of hydrogen-bond acceptors (Lipinski definition) is 6. The minimum Gasteiger partial charge on any atom is -0.333 e. The van der Waals surface area contributed by atoms with Gasteiger partial charge in [-0.15, -0.1) is 0 Å². The number of sulfonamides is 1. The van der Waals surface area contributed by atoms with Gasteiger partial charge in [-0.1, -0.05) is 24.3 Å². The summed E-state index contributed by atoms with van der Waals surface area (Å²) in [7, 11) is -2.23. The van der Waals surface area contributed by atoms with E-state index in [0.717, 1.165) is 19.3 Å². The topological polar surface area (TPSA) is 116 Å². The van der Waals surface area contributed by atoms with Gasteiger partial charge in [0.25, 0.3) is 5.91 Å². The van der Waals surface area contributed by atoms with Gasteiger partial charge in [-0.05, 0) is 45.4 Å². The van der Waals surface area contributed by atoms with E-state index in [2.05, 4.69) is 31.6 Å². The lowest BCUT2D eigenvalue weighted by molar-refractivity contribution is -0.123. The Bertz CT molecular complexity index is 1040. The van der Waals surface area contributed by atoms with E-state index in [4.69, 9.17) is 11.6 Å². The molecule has 1 aliphatic carbocycles. The number of hydrogen-bond donors (Lipinski definition) is 2. The van der Waals surface area contributed by atoms with Crippen LogP contribution < -0.4 is 10.0 Å². The third-order valence-electron chi connectivity index (χ3n) is 4.88. The van der Waals surface area contributed by atoms with Crippen LogP contribution in [0.3, 0.4) is 0 Å². The van der Waals surface area contributed by atoms with Gasteiger partial charge in [-0.25, -0.2) is 18.1 Å². The lowest BCUT2D eigenvalue weighted by atomic mass is 9.90. The average molecular weight is 451 g/mol. The number of aromatic nitrogens is 1. The zero-order chi connectivity index (χ0) is 21.9. The molecule has 1 aromatic rings. The lowest BCUT2D eigenvalue weighted by Crippen LogP contribution is -2.59. The van der Waals surface area contributed by atoms with Crippen LogP contribution in [-0.4, -0.2) is 49.0 Å². The van der Waals surface area contributed by atoms with Crippen LogP contribution in [0.4, 0.5) is 0 Å². The largest absolute Gasteiger partial charge is 0.333 e. The van der Waals surface area contributed by atoms with E-state index in [1.165, 1.54) is 19.3 Å². The quantitative estimate of drug-likeness (QED) is 0.642. The molecule has 0 bridgehead atoms. The summed E-state index contributed by atoms with van der Waals surface area (Å²) in [6.45, 7) is 5.54. The highest BCUT2D eigenvalue weighted by Gasteiger charge is 2.39. The molecule has 2 N–H and O–H groups in total. The number of pyridine rings is 1. The number of aliphatic imine (C=N–C) groups is 2. The minimum absolute atomic E-state index is 0.0404. The average Bonchev–Trinajstić information content (AvgIpc) is 2.68. The predicted molar refractivity (Wildman–Crippen MR) is 115 cm³/mol. The third-order valence-corrected chi connectivity index (χ3v) is 6.36. The summed E-state index contributed by atoms with van der Waals surface area (Å²) >= 11 is 5.88. The Balaban J connectivity index is 1.86. The number of carbonyl (C=O) groups excluding carboxylic acids is 1. The molecule has 0 spiro atoms. The van der Waals surface area contributed by atoms with Crippen LogP contribution in [0.1, 0.15) is 31.9 Å². The van der Waals surface area contributed by atoms with Crippen molar-refractivity contribution in [2.45, 2.75) is 43.7 Å². The summed E-state index contributed by atoms with van der Waals surface area (Å²) in [5.74, 6) is 0.310. The molecule has 2 aliphatic rings. The third kappa shape index (κ3) is 4.61. The van der Waals surface area contributed by atoms with Gasteiger partial charge in [-0.3, -0.25) is 19.7 Å². The molecule has 3 rings (SSSR count). The number of allylic oxidation sites excluding steroid dienone is 1. The van der Waals surface area contributed by atoms with Gasteiger partial charge in [0, 0.05) is 12.2 Å². The molecule has 0 atom stereocenters. The van der Waals surface area contributed by atoms with Crippen LogP contribution in [-0.2, 0) is 21.4 Å². The van der Waals surface area contributed by atoms with Gasteiger partial charge in [0.05, 0.1) is 17.9 Å². The Hall–Kier alpha value is -2.56. The number of nitrogens with zero attached hydrogens (tertiary/aromatic N) is 4. The van der Waals surface area contributed by atoms with Gasteiger partial charge < -0.3 is 5.32 Å². The second-order valence-electron chi connectivity index (χ2n) is 6.76. The fourth-order valence-electron chi connectivity index (χ4n) is 3.04. The zero-order valence-corrected chi connectivity index (χ0v) is 18.3. The fraction of sp³-hybridized carbons (Fsp3) is 0.368. The highest BCUT2D eigenvalue weighted by atomic mass is 35.5. The molecular weight excluding hydrogens is 428 g/mol. The number of amides is 1. The molecule has 1 saturated carbocycles. The van der Waals surface area contributed by atoms with E-state index in [1.54, 1.807) is 17.0 Å². The maximum absolute atomic E-state index is 13.1. The van der Waals surface area contributed by atoms with Crippen LogP contribution in [0, 0.1) is 0 Å². The van der Waals surface area contributed by atoms with Crippen molar-refractivity contribution < 1.29 is 13.2 Å². The predicted octanol–water partition coefficient (Wildman–Crippen LogP) is 1.88. The standard InChI is InChI=1S/C19H23ClN6O3S/c1-4-16-18(24-12(2)20)26(14-6-5-7-14)19(27)17(25-16)23-10-13-8-9-15(11-22-13)30(28,29)21-3/h4,8-9,11,14,21H,2,5-7,10H2,1,3H3,(H,23,25)/b16-4+,24-18?. The molecule has 2 fully saturated rings.